The van der Waals surface area contributed by atoms with Gasteiger partial charge in [-0.15, -0.1) is 0 Å². The Labute approximate surface area is 66.3 Å². The van der Waals surface area contributed by atoms with Gasteiger partial charge in [-0.2, -0.15) is 0 Å². The summed E-state index contributed by atoms with van der Waals surface area (Å²) in [7, 11) is 0. The van der Waals surface area contributed by atoms with E-state index in [0.29, 0.717) is 5.70 Å². The highest BCUT2D eigenvalue weighted by Crippen LogP contribution is 1.90. The first-order valence-corrected chi connectivity index (χ1v) is 3.19. The summed E-state index contributed by atoms with van der Waals surface area (Å²) in [5.74, 6) is -0.129. The Kier molecular flexibility index (Phi) is 4.56. The molecule has 0 saturated carbocycles. The molecular weight excluding hydrogens is 140 g/mol. The van der Waals surface area contributed by atoms with Gasteiger partial charge in [0, 0.05) is 12.6 Å². The molecule has 0 aromatic rings. The largest absolute Gasteiger partial charge is 0.405 e. The van der Waals surface area contributed by atoms with Crippen LogP contribution in [-0.4, -0.2) is 5.91 Å². The fraction of sp³-hybridized carbons (Fsp3) is 0.125. The molecule has 0 aromatic carbocycles. The lowest BCUT2D eigenvalue weighted by Crippen LogP contribution is -2.17. The van der Waals surface area contributed by atoms with Gasteiger partial charge in [-0.05, 0) is 18.4 Å². The van der Waals surface area contributed by atoms with Crippen LogP contribution in [0, 0.1) is 0 Å². The first-order valence-electron chi connectivity index (χ1n) is 3.19. The van der Waals surface area contributed by atoms with Crippen LogP contribution in [0.2, 0.25) is 0 Å². The zero-order valence-electron chi connectivity index (χ0n) is 6.50. The molecule has 3 nitrogen and oxygen atoms in total. The highest BCUT2D eigenvalue weighted by molar-refractivity contribution is 5.75. The van der Waals surface area contributed by atoms with E-state index >= 15 is 0 Å². The molecule has 0 aliphatic carbocycles. The van der Waals surface area contributed by atoms with Crippen molar-refractivity contribution in [2.24, 2.45) is 5.73 Å². The van der Waals surface area contributed by atoms with Gasteiger partial charge in [0.25, 0.3) is 0 Å². The molecule has 0 atom stereocenters. The summed E-state index contributed by atoms with van der Waals surface area (Å²) in [6, 6.07) is 0. The first-order chi connectivity index (χ1) is 5.20. The molecule has 0 heterocycles. The number of rotatable bonds is 3. The average molecular weight is 152 g/mol. The van der Waals surface area contributed by atoms with E-state index < -0.39 is 0 Å². The van der Waals surface area contributed by atoms with Crippen LogP contribution in [-0.2, 0) is 4.79 Å². The van der Waals surface area contributed by atoms with E-state index in [1.54, 1.807) is 18.2 Å². The van der Waals surface area contributed by atoms with Crippen molar-refractivity contribution in [3.05, 3.63) is 36.7 Å². The number of carbonyl (C=O) groups excluding carboxylic acids is 1. The van der Waals surface area contributed by atoms with Crippen molar-refractivity contribution in [2.45, 2.75) is 6.92 Å². The second-order valence-corrected chi connectivity index (χ2v) is 1.90. The van der Waals surface area contributed by atoms with E-state index in [-0.39, 0.29) is 5.91 Å². The first kappa shape index (κ1) is 9.49. The maximum Gasteiger partial charge on any atom is 0.221 e. The molecule has 0 radical (unpaired) electrons. The van der Waals surface area contributed by atoms with Crippen molar-refractivity contribution in [2.75, 3.05) is 0 Å². The molecule has 1 amide bonds. The van der Waals surface area contributed by atoms with Gasteiger partial charge >= 0.3 is 0 Å². The molecule has 0 aliphatic heterocycles. The van der Waals surface area contributed by atoms with Crippen molar-refractivity contribution in [3.8, 4) is 0 Å². The normalized spacial score (nSPS) is 11.5. The summed E-state index contributed by atoms with van der Waals surface area (Å²) >= 11 is 0. The maximum absolute atomic E-state index is 10.5. The van der Waals surface area contributed by atoms with Gasteiger partial charge in [-0.1, -0.05) is 12.7 Å². The third-order valence-corrected chi connectivity index (χ3v) is 0.894. The standard InChI is InChI=1S/C8H12N2O/c1-3-4-8(5-6-9)10-7(2)11/h3-6H,1,9H2,2H3,(H,10,11)/b6-5-,8-4+. The minimum atomic E-state index is -0.129. The average Bonchev–Trinajstić information content (AvgIpc) is 1.87. The van der Waals surface area contributed by atoms with Crippen molar-refractivity contribution in [1.82, 2.24) is 5.32 Å². The van der Waals surface area contributed by atoms with Crippen LogP contribution in [0.25, 0.3) is 0 Å². The molecule has 0 unspecified atom stereocenters. The van der Waals surface area contributed by atoms with Crippen LogP contribution >= 0.6 is 0 Å². The van der Waals surface area contributed by atoms with E-state index in [0.717, 1.165) is 0 Å². The number of carbonyl (C=O) groups is 1. The topological polar surface area (TPSA) is 55.1 Å². The van der Waals surface area contributed by atoms with Crippen LogP contribution in [0.1, 0.15) is 6.92 Å². The number of nitrogens with one attached hydrogen (secondary N) is 1. The zero-order chi connectivity index (χ0) is 8.69. The predicted molar refractivity (Wildman–Crippen MR) is 45.4 cm³/mol. The molecular formula is C8H12N2O. The van der Waals surface area contributed by atoms with E-state index in [1.165, 1.54) is 13.1 Å². The van der Waals surface area contributed by atoms with E-state index in [9.17, 15) is 4.79 Å². The second kappa shape index (κ2) is 5.29. The van der Waals surface area contributed by atoms with Crippen molar-refractivity contribution >= 4 is 5.91 Å². The van der Waals surface area contributed by atoms with Gasteiger partial charge in [0.05, 0.1) is 0 Å². The van der Waals surface area contributed by atoms with E-state index in [4.69, 9.17) is 5.73 Å². The molecule has 0 rings (SSSR count). The molecule has 60 valence electrons. The molecule has 0 spiro atoms. The zero-order valence-corrected chi connectivity index (χ0v) is 6.50. The summed E-state index contributed by atoms with van der Waals surface area (Å²) in [4.78, 5) is 10.5. The lowest BCUT2D eigenvalue weighted by Gasteiger charge is -1.99. The van der Waals surface area contributed by atoms with Crippen LogP contribution in [0.5, 0.6) is 0 Å². The number of amides is 1. The fourth-order valence-corrected chi connectivity index (χ4v) is 0.573. The number of hydrogen-bond acceptors (Lipinski definition) is 2. The minimum Gasteiger partial charge on any atom is -0.405 e. The summed E-state index contributed by atoms with van der Waals surface area (Å²) in [5, 5.41) is 2.57. The quantitative estimate of drug-likeness (QED) is 0.584. The van der Waals surface area contributed by atoms with E-state index in [1.807, 2.05) is 0 Å². The maximum atomic E-state index is 10.5. The Balaban J connectivity index is 4.22. The predicted octanol–water partition coefficient (Wildman–Crippen LogP) is 0.665. The Bertz CT molecular complexity index is 204. The third-order valence-electron chi connectivity index (χ3n) is 0.894. The van der Waals surface area contributed by atoms with Crippen molar-refractivity contribution in [3.63, 3.8) is 0 Å². The highest BCUT2D eigenvalue weighted by atomic mass is 16.1. The van der Waals surface area contributed by atoms with Crippen molar-refractivity contribution in [1.29, 1.82) is 0 Å². The number of nitrogens with two attached hydrogens (primary N) is 1. The van der Waals surface area contributed by atoms with Gasteiger partial charge in [-0.3, -0.25) is 4.79 Å². The molecule has 0 bridgehead atoms. The smallest absolute Gasteiger partial charge is 0.221 e. The molecule has 11 heavy (non-hydrogen) atoms. The highest BCUT2D eigenvalue weighted by Gasteiger charge is 1.91. The third kappa shape index (κ3) is 4.96. The van der Waals surface area contributed by atoms with Crippen LogP contribution in [0.4, 0.5) is 0 Å². The van der Waals surface area contributed by atoms with Gasteiger partial charge in [-0.25, -0.2) is 0 Å². The minimum absolute atomic E-state index is 0.129. The van der Waals surface area contributed by atoms with Crippen LogP contribution in [0.15, 0.2) is 36.7 Å². The lowest BCUT2D eigenvalue weighted by atomic mass is 10.3. The number of allylic oxidation sites excluding steroid dienone is 3. The summed E-state index contributed by atoms with van der Waals surface area (Å²) < 4.78 is 0. The Morgan fingerprint density at radius 3 is 2.64 bits per heavy atom. The summed E-state index contributed by atoms with van der Waals surface area (Å²) in [6.07, 6.45) is 6.17. The van der Waals surface area contributed by atoms with Gasteiger partial charge in [0.15, 0.2) is 0 Å². The van der Waals surface area contributed by atoms with Gasteiger partial charge < -0.3 is 11.1 Å². The molecule has 0 aliphatic rings. The fourth-order valence-electron chi connectivity index (χ4n) is 0.573. The van der Waals surface area contributed by atoms with Gasteiger partial charge in [0.2, 0.25) is 5.91 Å². The molecule has 0 fully saturated rings. The van der Waals surface area contributed by atoms with Crippen LogP contribution < -0.4 is 11.1 Å². The van der Waals surface area contributed by atoms with Crippen molar-refractivity contribution < 1.29 is 4.79 Å². The Morgan fingerprint density at radius 1 is 1.64 bits per heavy atom. The molecule has 3 N–H and O–H groups in total. The monoisotopic (exact) mass is 152 g/mol. The van der Waals surface area contributed by atoms with Gasteiger partial charge in [0.1, 0.15) is 0 Å². The molecule has 3 heteroatoms. The molecule has 0 saturated heterocycles. The SMILES string of the molecule is C=C/C=C(\C=C/N)NC(C)=O. The molecule has 0 aromatic heterocycles. The van der Waals surface area contributed by atoms with E-state index in [2.05, 4.69) is 11.9 Å². The summed E-state index contributed by atoms with van der Waals surface area (Å²) in [5.41, 5.74) is 5.76. The number of hydrogen-bond donors (Lipinski definition) is 2. The lowest BCUT2D eigenvalue weighted by molar-refractivity contribution is -0.118. The Hall–Kier alpha value is -1.51. The second-order valence-electron chi connectivity index (χ2n) is 1.90. The Morgan fingerprint density at radius 2 is 2.27 bits per heavy atom. The van der Waals surface area contributed by atoms with Crippen LogP contribution in [0.3, 0.4) is 0 Å². The summed E-state index contributed by atoms with van der Waals surface area (Å²) in [6.45, 7) is 4.92.